The summed E-state index contributed by atoms with van der Waals surface area (Å²) in [5.41, 5.74) is 3.96. The van der Waals surface area contributed by atoms with Crippen molar-refractivity contribution in [3.05, 3.63) is 72.0 Å². The van der Waals surface area contributed by atoms with Crippen LogP contribution in [0.5, 0.6) is 5.75 Å². The molecule has 3 heterocycles. The van der Waals surface area contributed by atoms with Crippen molar-refractivity contribution in [1.29, 1.82) is 0 Å². The van der Waals surface area contributed by atoms with Gasteiger partial charge >= 0.3 is 0 Å². The first-order chi connectivity index (χ1) is 17.5. The lowest BCUT2D eigenvalue weighted by Crippen LogP contribution is -2.31. The second-order valence-electron chi connectivity index (χ2n) is 8.04. The number of aromatic amines is 1. The minimum atomic E-state index is -0.527. The van der Waals surface area contributed by atoms with E-state index in [-0.39, 0.29) is 23.6 Å². The number of para-hydroxylation sites is 1. The highest BCUT2D eigenvalue weighted by Crippen LogP contribution is 2.40. The van der Waals surface area contributed by atoms with Crippen molar-refractivity contribution in [2.75, 3.05) is 19.0 Å². The number of pyridine rings is 1. The standard InChI is InChI=1S/C27H26FN5O3/c1-4-17(31-22(34)5-2)10-9-16-15-29-13-11-18(16)24-25(23-20(32-24)12-14-30-27(23)35)33-21-8-6-7-19(28)26(21)36-3/h5-8,11,13,15,17,32-33H,2,4,12,14H2,1,3H3,(H,30,35)(H,31,34)/t17-/m0/s1. The van der Waals surface area contributed by atoms with Crippen LogP contribution in [0.25, 0.3) is 11.3 Å². The second kappa shape index (κ2) is 10.8. The first-order valence-corrected chi connectivity index (χ1v) is 11.5. The van der Waals surface area contributed by atoms with Gasteiger partial charge in [-0.1, -0.05) is 31.4 Å². The Hall–Kier alpha value is -4.58. The van der Waals surface area contributed by atoms with Gasteiger partial charge in [0.2, 0.25) is 5.91 Å². The molecule has 4 N–H and O–H groups in total. The van der Waals surface area contributed by atoms with Gasteiger partial charge in [0.1, 0.15) is 0 Å². The highest BCUT2D eigenvalue weighted by atomic mass is 19.1. The average molecular weight is 488 g/mol. The molecule has 36 heavy (non-hydrogen) atoms. The van der Waals surface area contributed by atoms with Gasteiger partial charge < -0.3 is 25.7 Å². The molecule has 9 heteroatoms. The normalized spacial score (nSPS) is 12.9. The molecule has 0 saturated heterocycles. The predicted octanol–water partition coefficient (Wildman–Crippen LogP) is 3.69. The van der Waals surface area contributed by atoms with Crippen molar-refractivity contribution in [3.8, 4) is 28.8 Å². The Morgan fingerprint density at radius 3 is 2.97 bits per heavy atom. The van der Waals surface area contributed by atoms with E-state index in [2.05, 4.69) is 44.3 Å². The van der Waals surface area contributed by atoms with Gasteiger partial charge in [-0.05, 0) is 30.7 Å². The lowest BCUT2D eigenvalue weighted by molar-refractivity contribution is -0.116. The monoisotopic (exact) mass is 487 g/mol. The highest BCUT2D eigenvalue weighted by Gasteiger charge is 2.28. The number of rotatable bonds is 7. The fourth-order valence-electron chi connectivity index (χ4n) is 4.00. The van der Waals surface area contributed by atoms with Crippen LogP contribution in [0.3, 0.4) is 0 Å². The number of nitrogens with one attached hydrogen (secondary N) is 4. The number of nitrogens with zero attached hydrogens (tertiary/aromatic N) is 1. The zero-order valence-electron chi connectivity index (χ0n) is 20.0. The Labute approximate surface area is 208 Å². The molecule has 1 atom stereocenters. The number of carbonyl (C=O) groups is 2. The summed E-state index contributed by atoms with van der Waals surface area (Å²) >= 11 is 0. The summed E-state index contributed by atoms with van der Waals surface area (Å²) < 4.78 is 19.7. The van der Waals surface area contributed by atoms with E-state index in [1.165, 1.54) is 19.3 Å². The Morgan fingerprint density at radius 1 is 1.39 bits per heavy atom. The first kappa shape index (κ1) is 24.5. The third-order valence-corrected chi connectivity index (χ3v) is 5.78. The van der Waals surface area contributed by atoms with Crippen LogP contribution in [0.4, 0.5) is 15.8 Å². The van der Waals surface area contributed by atoms with E-state index in [9.17, 15) is 14.0 Å². The molecule has 2 aromatic heterocycles. The maximum atomic E-state index is 14.4. The average Bonchev–Trinajstić information content (AvgIpc) is 3.26. The molecular formula is C27H26FN5O3. The van der Waals surface area contributed by atoms with Crippen molar-refractivity contribution in [3.63, 3.8) is 0 Å². The predicted molar refractivity (Wildman–Crippen MR) is 136 cm³/mol. The van der Waals surface area contributed by atoms with Crippen LogP contribution in [-0.4, -0.2) is 41.5 Å². The Balaban J connectivity index is 1.83. The fraction of sp³-hybridized carbons (Fsp3) is 0.222. The SMILES string of the molecule is C=CC(=O)N[C@H](C#Cc1cnccc1-c1[nH]c2c(c1Nc1cccc(F)c1OC)C(=O)NCC2)CC. The summed E-state index contributed by atoms with van der Waals surface area (Å²) in [5, 5.41) is 8.86. The molecule has 0 fully saturated rings. The lowest BCUT2D eigenvalue weighted by Gasteiger charge is -2.17. The smallest absolute Gasteiger partial charge is 0.255 e. The number of aromatic nitrogens is 2. The van der Waals surface area contributed by atoms with Crippen LogP contribution >= 0.6 is 0 Å². The van der Waals surface area contributed by atoms with Gasteiger partial charge in [-0.15, -0.1) is 0 Å². The summed E-state index contributed by atoms with van der Waals surface area (Å²) in [6.07, 6.45) is 5.66. The lowest BCUT2D eigenvalue weighted by atomic mass is 10.0. The maximum absolute atomic E-state index is 14.4. The number of anilines is 2. The number of carbonyl (C=O) groups excluding carboxylic acids is 2. The summed E-state index contributed by atoms with van der Waals surface area (Å²) in [7, 11) is 1.38. The molecule has 0 radical (unpaired) electrons. The fourth-order valence-corrected chi connectivity index (χ4v) is 4.00. The van der Waals surface area contributed by atoms with Gasteiger partial charge in [-0.3, -0.25) is 14.6 Å². The Morgan fingerprint density at radius 2 is 2.22 bits per heavy atom. The van der Waals surface area contributed by atoms with Gasteiger partial charge in [0.15, 0.2) is 11.6 Å². The number of benzene rings is 1. The van der Waals surface area contributed by atoms with Crippen molar-refractivity contribution >= 4 is 23.2 Å². The number of methoxy groups -OCH3 is 1. The molecule has 0 bridgehead atoms. The number of fused-ring (bicyclic) bond motifs is 1. The van der Waals surface area contributed by atoms with Gasteiger partial charge in [-0.2, -0.15) is 0 Å². The molecule has 0 aliphatic carbocycles. The van der Waals surface area contributed by atoms with Crippen LogP contribution in [0, 0.1) is 17.7 Å². The third-order valence-electron chi connectivity index (χ3n) is 5.78. The Bertz CT molecular complexity index is 1390. The van der Waals surface area contributed by atoms with E-state index >= 15 is 0 Å². The highest BCUT2D eigenvalue weighted by molar-refractivity contribution is 6.06. The summed E-state index contributed by atoms with van der Waals surface area (Å²) in [4.78, 5) is 32.2. The maximum Gasteiger partial charge on any atom is 0.255 e. The topological polar surface area (TPSA) is 108 Å². The van der Waals surface area contributed by atoms with Crippen molar-refractivity contribution in [2.24, 2.45) is 0 Å². The van der Waals surface area contributed by atoms with Gasteiger partial charge in [0, 0.05) is 36.6 Å². The van der Waals surface area contributed by atoms with Crippen molar-refractivity contribution in [2.45, 2.75) is 25.8 Å². The van der Waals surface area contributed by atoms with Gasteiger partial charge in [0.25, 0.3) is 5.91 Å². The first-order valence-electron chi connectivity index (χ1n) is 11.5. The van der Waals surface area contributed by atoms with Crippen LogP contribution in [0.2, 0.25) is 0 Å². The summed E-state index contributed by atoms with van der Waals surface area (Å²) in [6.45, 7) is 5.89. The van der Waals surface area contributed by atoms with E-state index in [0.29, 0.717) is 53.1 Å². The van der Waals surface area contributed by atoms with Gasteiger partial charge in [0.05, 0.1) is 41.3 Å². The molecular weight excluding hydrogens is 461 g/mol. The van der Waals surface area contributed by atoms with Gasteiger partial charge in [-0.25, -0.2) is 4.39 Å². The molecule has 0 saturated carbocycles. The molecule has 1 aliphatic rings. The number of halogens is 1. The summed E-state index contributed by atoms with van der Waals surface area (Å²) in [5.74, 6) is 5.15. The zero-order valence-corrected chi connectivity index (χ0v) is 20.0. The number of ether oxygens (including phenoxy) is 1. The van der Waals surface area contributed by atoms with Crippen molar-refractivity contribution < 1.29 is 18.7 Å². The molecule has 4 rings (SSSR count). The number of H-pyrrole nitrogens is 1. The molecule has 3 aromatic rings. The van der Waals surface area contributed by atoms with Crippen LogP contribution in [0.1, 0.15) is 35.0 Å². The molecule has 1 aliphatic heterocycles. The molecule has 2 amide bonds. The second-order valence-corrected chi connectivity index (χ2v) is 8.04. The molecule has 0 unspecified atom stereocenters. The number of amides is 2. The van der Waals surface area contributed by atoms with Crippen molar-refractivity contribution in [1.82, 2.24) is 20.6 Å². The molecule has 184 valence electrons. The largest absolute Gasteiger partial charge is 0.492 e. The number of hydrogen-bond donors (Lipinski definition) is 4. The van der Waals surface area contributed by atoms with E-state index in [1.54, 1.807) is 30.6 Å². The minimum absolute atomic E-state index is 0.0353. The van der Waals surface area contributed by atoms with Crippen LogP contribution < -0.4 is 20.7 Å². The van der Waals surface area contributed by atoms with Crippen LogP contribution in [-0.2, 0) is 11.2 Å². The quantitative estimate of drug-likeness (QED) is 0.300. The van der Waals surface area contributed by atoms with E-state index in [0.717, 1.165) is 5.69 Å². The summed E-state index contributed by atoms with van der Waals surface area (Å²) in [6, 6.07) is 5.95. The number of hydrogen-bond acceptors (Lipinski definition) is 5. The van der Waals surface area contributed by atoms with E-state index < -0.39 is 5.82 Å². The molecule has 1 aromatic carbocycles. The third kappa shape index (κ3) is 4.93. The zero-order chi connectivity index (χ0) is 25.7. The minimum Gasteiger partial charge on any atom is -0.492 e. The van der Waals surface area contributed by atoms with E-state index in [4.69, 9.17) is 4.74 Å². The molecule has 0 spiro atoms. The molecule has 8 nitrogen and oxygen atoms in total. The Kier molecular flexibility index (Phi) is 7.35. The van der Waals surface area contributed by atoms with Crippen LogP contribution in [0.15, 0.2) is 49.3 Å². The van der Waals surface area contributed by atoms with E-state index in [1.807, 2.05) is 6.92 Å².